The van der Waals surface area contributed by atoms with Gasteiger partial charge in [-0.2, -0.15) is 5.26 Å². The Balaban J connectivity index is 2.41. The summed E-state index contributed by atoms with van der Waals surface area (Å²) in [6.45, 7) is 4.00. The molecule has 1 fully saturated rings. The summed E-state index contributed by atoms with van der Waals surface area (Å²) in [5.41, 5.74) is 0. The summed E-state index contributed by atoms with van der Waals surface area (Å²) in [6, 6.07) is 7.15. The smallest absolute Gasteiger partial charge is 0.200 e. The van der Waals surface area contributed by atoms with Crippen LogP contribution in [0.1, 0.15) is 26.7 Å². The summed E-state index contributed by atoms with van der Waals surface area (Å²) in [5, 5.41) is 9.27. The fourth-order valence-corrected chi connectivity index (χ4v) is 4.49. The standard InChI is InChI=1S/C14H16FNO2S/c1-10(2)11-7-14(8-11,9-16)19(17,18)13-6-4-3-5-12(13)15/h3-6,10-11H,7-8H2,1-2H3. The molecule has 1 aromatic rings. The fraction of sp³-hybridized carbons (Fsp3) is 0.500. The molecule has 0 aromatic heterocycles. The van der Waals surface area contributed by atoms with Gasteiger partial charge in [0.15, 0.2) is 14.6 Å². The zero-order chi connectivity index (χ0) is 14.3. The fourth-order valence-electron chi connectivity index (χ4n) is 2.50. The first-order chi connectivity index (χ1) is 8.84. The maximum absolute atomic E-state index is 13.7. The molecule has 0 unspecified atom stereocenters. The monoisotopic (exact) mass is 281 g/mol. The minimum absolute atomic E-state index is 0.209. The molecule has 1 aliphatic rings. The van der Waals surface area contributed by atoms with Crippen LogP contribution in [0.4, 0.5) is 4.39 Å². The van der Waals surface area contributed by atoms with Crippen molar-refractivity contribution in [2.24, 2.45) is 11.8 Å². The first-order valence-corrected chi connectivity index (χ1v) is 7.73. The average molecular weight is 281 g/mol. The normalized spacial score (nSPS) is 26.8. The Morgan fingerprint density at radius 3 is 2.42 bits per heavy atom. The van der Waals surface area contributed by atoms with Gasteiger partial charge in [0.25, 0.3) is 0 Å². The summed E-state index contributed by atoms with van der Waals surface area (Å²) in [4.78, 5) is -0.362. The van der Waals surface area contributed by atoms with Crippen molar-refractivity contribution in [3.05, 3.63) is 30.1 Å². The van der Waals surface area contributed by atoms with E-state index in [2.05, 4.69) is 0 Å². The second-order valence-electron chi connectivity index (χ2n) is 5.45. The van der Waals surface area contributed by atoms with Crippen LogP contribution in [0.2, 0.25) is 0 Å². The highest BCUT2D eigenvalue weighted by molar-refractivity contribution is 7.93. The van der Waals surface area contributed by atoms with E-state index in [-0.39, 0.29) is 23.7 Å². The summed E-state index contributed by atoms with van der Waals surface area (Å²) in [5.74, 6) is -0.247. The number of sulfone groups is 1. The lowest BCUT2D eigenvalue weighted by Crippen LogP contribution is -2.50. The van der Waals surface area contributed by atoms with Crippen LogP contribution in [0.3, 0.4) is 0 Å². The Labute approximate surface area is 113 Å². The third kappa shape index (κ3) is 2.04. The molecule has 5 heteroatoms. The van der Waals surface area contributed by atoms with E-state index in [1.807, 2.05) is 19.9 Å². The minimum Gasteiger partial charge on any atom is -0.222 e. The molecule has 1 aromatic carbocycles. The first-order valence-electron chi connectivity index (χ1n) is 6.24. The van der Waals surface area contributed by atoms with E-state index in [1.54, 1.807) is 0 Å². The molecular formula is C14H16FNO2S. The summed E-state index contributed by atoms with van der Waals surface area (Å²) in [7, 11) is -3.95. The minimum atomic E-state index is -3.95. The van der Waals surface area contributed by atoms with Gasteiger partial charge in [-0.15, -0.1) is 0 Å². The highest BCUT2D eigenvalue weighted by Gasteiger charge is 2.56. The van der Waals surface area contributed by atoms with Crippen LogP contribution in [0.25, 0.3) is 0 Å². The van der Waals surface area contributed by atoms with E-state index in [1.165, 1.54) is 18.2 Å². The Morgan fingerprint density at radius 2 is 1.95 bits per heavy atom. The van der Waals surface area contributed by atoms with Gasteiger partial charge in [0.05, 0.1) is 6.07 Å². The average Bonchev–Trinajstić information content (AvgIpc) is 2.27. The molecular weight excluding hydrogens is 265 g/mol. The zero-order valence-electron chi connectivity index (χ0n) is 10.9. The second kappa shape index (κ2) is 4.61. The van der Waals surface area contributed by atoms with Crippen molar-refractivity contribution < 1.29 is 12.8 Å². The third-order valence-corrected chi connectivity index (χ3v) is 6.33. The van der Waals surface area contributed by atoms with Crippen molar-refractivity contribution in [2.75, 3.05) is 0 Å². The molecule has 0 atom stereocenters. The Morgan fingerprint density at radius 1 is 1.37 bits per heavy atom. The third-order valence-electron chi connectivity index (χ3n) is 3.97. The summed E-state index contributed by atoms with van der Waals surface area (Å²) < 4.78 is 37.2. The Hall–Kier alpha value is -1.41. The second-order valence-corrected chi connectivity index (χ2v) is 7.68. The Kier molecular flexibility index (Phi) is 3.40. The van der Waals surface area contributed by atoms with Gasteiger partial charge in [0.2, 0.25) is 0 Å². The predicted molar refractivity (Wildman–Crippen MR) is 69.5 cm³/mol. The topological polar surface area (TPSA) is 57.9 Å². The molecule has 102 valence electrons. The molecule has 0 amide bonds. The van der Waals surface area contributed by atoms with Gasteiger partial charge >= 0.3 is 0 Å². The molecule has 0 radical (unpaired) electrons. The lowest BCUT2D eigenvalue weighted by molar-refractivity contribution is 0.198. The maximum atomic E-state index is 13.7. The van der Waals surface area contributed by atoms with Crippen LogP contribution in [0.15, 0.2) is 29.2 Å². The molecule has 1 saturated carbocycles. The summed E-state index contributed by atoms with van der Waals surface area (Å²) in [6.07, 6.45) is 0.579. The molecule has 0 heterocycles. The van der Waals surface area contributed by atoms with E-state index >= 15 is 0 Å². The van der Waals surface area contributed by atoms with E-state index in [0.717, 1.165) is 6.07 Å². The number of nitriles is 1. The van der Waals surface area contributed by atoms with Crippen molar-refractivity contribution in [2.45, 2.75) is 36.3 Å². The van der Waals surface area contributed by atoms with Crippen LogP contribution in [0, 0.1) is 29.0 Å². The molecule has 1 aliphatic carbocycles. The largest absolute Gasteiger partial charge is 0.222 e. The molecule has 0 spiro atoms. The van der Waals surface area contributed by atoms with Crippen molar-refractivity contribution in [1.82, 2.24) is 0 Å². The SMILES string of the molecule is CC(C)C1CC(C#N)(S(=O)(=O)c2ccccc2F)C1. The van der Waals surface area contributed by atoms with Gasteiger partial charge in [-0.05, 0) is 36.8 Å². The number of benzene rings is 1. The highest BCUT2D eigenvalue weighted by Crippen LogP contribution is 2.49. The lowest BCUT2D eigenvalue weighted by Gasteiger charge is -2.43. The van der Waals surface area contributed by atoms with Gasteiger partial charge in [-0.1, -0.05) is 26.0 Å². The number of hydrogen-bond donors (Lipinski definition) is 0. The first kappa shape index (κ1) is 14.0. The van der Waals surface area contributed by atoms with E-state index < -0.39 is 20.4 Å². The molecule has 3 nitrogen and oxygen atoms in total. The van der Waals surface area contributed by atoms with Gasteiger partial charge in [-0.25, -0.2) is 12.8 Å². The zero-order valence-corrected chi connectivity index (χ0v) is 11.7. The van der Waals surface area contributed by atoms with Crippen LogP contribution in [0.5, 0.6) is 0 Å². The quantitative estimate of drug-likeness (QED) is 0.856. The van der Waals surface area contributed by atoms with Crippen molar-refractivity contribution in [1.29, 1.82) is 5.26 Å². The maximum Gasteiger partial charge on any atom is 0.200 e. The van der Waals surface area contributed by atoms with Gasteiger partial charge in [0.1, 0.15) is 10.7 Å². The van der Waals surface area contributed by atoms with Gasteiger partial charge in [0, 0.05) is 0 Å². The molecule has 0 bridgehead atoms. The van der Waals surface area contributed by atoms with E-state index in [4.69, 9.17) is 0 Å². The van der Waals surface area contributed by atoms with E-state index in [0.29, 0.717) is 5.92 Å². The van der Waals surface area contributed by atoms with Crippen LogP contribution >= 0.6 is 0 Å². The molecule has 0 saturated heterocycles. The number of rotatable bonds is 3. The van der Waals surface area contributed by atoms with Crippen LogP contribution in [-0.2, 0) is 9.84 Å². The van der Waals surface area contributed by atoms with Gasteiger partial charge in [-0.3, -0.25) is 0 Å². The highest BCUT2D eigenvalue weighted by atomic mass is 32.2. The van der Waals surface area contributed by atoms with Crippen molar-refractivity contribution in [3.63, 3.8) is 0 Å². The van der Waals surface area contributed by atoms with Crippen molar-refractivity contribution in [3.8, 4) is 6.07 Å². The molecule has 0 N–H and O–H groups in total. The molecule has 0 aliphatic heterocycles. The Bertz CT molecular complexity index is 625. The van der Waals surface area contributed by atoms with E-state index in [9.17, 15) is 18.1 Å². The molecule has 19 heavy (non-hydrogen) atoms. The van der Waals surface area contributed by atoms with Crippen molar-refractivity contribution >= 4 is 9.84 Å². The number of halogens is 1. The van der Waals surface area contributed by atoms with Crippen LogP contribution in [-0.4, -0.2) is 13.2 Å². The van der Waals surface area contributed by atoms with Crippen LogP contribution < -0.4 is 0 Å². The number of nitrogens with zero attached hydrogens (tertiary/aromatic N) is 1. The lowest BCUT2D eigenvalue weighted by atomic mass is 9.69. The number of hydrogen-bond acceptors (Lipinski definition) is 3. The molecule has 2 rings (SSSR count). The van der Waals surface area contributed by atoms with Gasteiger partial charge < -0.3 is 0 Å². The summed E-state index contributed by atoms with van der Waals surface area (Å²) >= 11 is 0. The predicted octanol–water partition coefficient (Wildman–Crippen LogP) is 2.93.